The molecule has 4 rings (SSSR count). The highest BCUT2D eigenvalue weighted by atomic mass is 127. The van der Waals surface area contributed by atoms with Gasteiger partial charge in [0.25, 0.3) is 5.91 Å². The molecule has 1 saturated carbocycles. The van der Waals surface area contributed by atoms with Crippen LogP contribution in [0.5, 0.6) is 0 Å². The van der Waals surface area contributed by atoms with Gasteiger partial charge in [-0.3, -0.25) is 14.8 Å². The molecule has 1 aliphatic heterocycles. The van der Waals surface area contributed by atoms with E-state index < -0.39 is 0 Å². The Morgan fingerprint density at radius 2 is 1.96 bits per heavy atom. The Bertz CT molecular complexity index is 792. The summed E-state index contributed by atoms with van der Waals surface area (Å²) in [4.78, 5) is 15.5. The van der Waals surface area contributed by atoms with Crippen LogP contribution >= 0.6 is 22.6 Å². The number of carbonyl (C=O) groups is 1. The molecule has 1 saturated heterocycles. The number of ether oxygens (including phenoxy) is 1. The standard InChI is InChI=1S/C20H27IN4O2/c21-18-16-13-15(5-6-17(16)23-24-18)19(26)22-14-20(7-3-1-2-4-8-20)25-9-11-27-12-10-25/h5-6,13H,1-4,7-12,14H2,(H,22,26)(H,23,24). The third-order valence-corrected chi connectivity index (χ3v) is 6.90. The summed E-state index contributed by atoms with van der Waals surface area (Å²) in [7, 11) is 0. The van der Waals surface area contributed by atoms with Gasteiger partial charge in [-0.2, -0.15) is 5.10 Å². The fourth-order valence-corrected chi connectivity index (χ4v) is 5.07. The van der Waals surface area contributed by atoms with Crippen molar-refractivity contribution in [1.82, 2.24) is 20.4 Å². The molecule has 0 unspecified atom stereocenters. The summed E-state index contributed by atoms with van der Waals surface area (Å²) in [5.74, 6) is 0.00535. The van der Waals surface area contributed by atoms with Crippen molar-refractivity contribution < 1.29 is 9.53 Å². The van der Waals surface area contributed by atoms with Crippen LogP contribution < -0.4 is 5.32 Å². The van der Waals surface area contributed by atoms with Crippen LogP contribution in [0.4, 0.5) is 0 Å². The lowest BCUT2D eigenvalue weighted by Crippen LogP contribution is -2.58. The van der Waals surface area contributed by atoms with Crippen LogP contribution in [0.3, 0.4) is 0 Å². The highest BCUT2D eigenvalue weighted by Gasteiger charge is 2.38. The predicted molar refractivity (Wildman–Crippen MR) is 114 cm³/mol. The summed E-state index contributed by atoms with van der Waals surface area (Å²) < 4.78 is 6.46. The molecule has 2 aromatic rings. The summed E-state index contributed by atoms with van der Waals surface area (Å²) >= 11 is 2.19. The van der Waals surface area contributed by atoms with Crippen LogP contribution in [0, 0.1) is 3.70 Å². The number of nitrogens with one attached hydrogen (secondary N) is 2. The Hall–Kier alpha value is -1.19. The van der Waals surface area contributed by atoms with Gasteiger partial charge in [0.2, 0.25) is 0 Å². The topological polar surface area (TPSA) is 70.2 Å². The number of fused-ring (bicyclic) bond motifs is 1. The molecular weight excluding hydrogens is 455 g/mol. The maximum Gasteiger partial charge on any atom is 0.251 e. The molecule has 6 nitrogen and oxygen atoms in total. The second kappa shape index (κ2) is 8.45. The molecule has 146 valence electrons. The Balaban J connectivity index is 1.50. The maximum atomic E-state index is 12.9. The molecule has 2 heterocycles. The number of nitrogens with zero attached hydrogens (tertiary/aromatic N) is 2. The van der Waals surface area contributed by atoms with Crippen molar-refractivity contribution in [3.63, 3.8) is 0 Å². The van der Waals surface area contributed by atoms with Crippen molar-refractivity contribution in [2.24, 2.45) is 0 Å². The van der Waals surface area contributed by atoms with Gasteiger partial charge >= 0.3 is 0 Å². The molecule has 0 bridgehead atoms. The quantitative estimate of drug-likeness (QED) is 0.519. The zero-order valence-corrected chi connectivity index (χ0v) is 17.8. The lowest BCUT2D eigenvalue weighted by atomic mass is 9.87. The first kappa shape index (κ1) is 19.1. The number of amides is 1. The minimum atomic E-state index is 0.00535. The zero-order valence-electron chi connectivity index (χ0n) is 15.6. The van der Waals surface area contributed by atoms with Gasteiger partial charge in [-0.25, -0.2) is 0 Å². The van der Waals surface area contributed by atoms with Gasteiger partial charge in [0.1, 0.15) is 3.70 Å². The van der Waals surface area contributed by atoms with E-state index in [0.29, 0.717) is 12.1 Å². The smallest absolute Gasteiger partial charge is 0.251 e. The normalized spacial score (nSPS) is 21.1. The first-order valence-electron chi connectivity index (χ1n) is 9.93. The molecular formula is C20H27IN4O2. The molecule has 0 atom stereocenters. The number of halogens is 1. The van der Waals surface area contributed by atoms with Gasteiger partial charge in [0.15, 0.2) is 0 Å². The van der Waals surface area contributed by atoms with E-state index in [1.54, 1.807) is 0 Å². The summed E-state index contributed by atoms with van der Waals surface area (Å²) in [6, 6.07) is 5.74. The van der Waals surface area contributed by atoms with Crippen LogP contribution in [-0.2, 0) is 4.74 Å². The van der Waals surface area contributed by atoms with Crippen molar-refractivity contribution >= 4 is 39.4 Å². The second-order valence-electron chi connectivity index (χ2n) is 7.70. The van der Waals surface area contributed by atoms with Gasteiger partial charge in [0.05, 0.1) is 18.7 Å². The highest BCUT2D eigenvalue weighted by Crippen LogP contribution is 2.33. The van der Waals surface area contributed by atoms with E-state index in [9.17, 15) is 4.79 Å². The van der Waals surface area contributed by atoms with Crippen LogP contribution in [-0.4, -0.2) is 59.4 Å². The van der Waals surface area contributed by atoms with Gasteiger partial charge in [-0.1, -0.05) is 25.7 Å². The van der Waals surface area contributed by atoms with Crippen LogP contribution in [0.1, 0.15) is 48.9 Å². The summed E-state index contributed by atoms with van der Waals surface area (Å²) in [5, 5.41) is 11.5. The lowest BCUT2D eigenvalue weighted by molar-refractivity contribution is -0.0281. The molecule has 2 fully saturated rings. The molecule has 0 radical (unpaired) electrons. The Kier molecular flexibility index (Phi) is 5.99. The number of rotatable bonds is 4. The van der Waals surface area contributed by atoms with Crippen LogP contribution in [0.25, 0.3) is 10.9 Å². The van der Waals surface area contributed by atoms with E-state index in [2.05, 4.69) is 43.0 Å². The Morgan fingerprint density at radius 3 is 2.70 bits per heavy atom. The van der Waals surface area contributed by atoms with Gasteiger partial charge in [0, 0.05) is 36.1 Å². The first-order chi connectivity index (χ1) is 13.2. The monoisotopic (exact) mass is 482 g/mol. The minimum Gasteiger partial charge on any atom is -0.379 e. The average molecular weight is 482 g/mol. The molecule has 27 heavy (non-hydrogen) atoms. The molecule has 7 heteroatoms. The molecule has 2 aliphatic rings. The SMILES string of the molecule is O=C(NCC1(N2CCOCC2)CCCCCC1)c1ccc2[nH]nc(I)c2c1. The molecule has 1 amide bonds. The van der Waals surface area contributed by atoms with Gasteiger partial charge in [-0.15, -0.1) is 0 Å². The minimum absolute atomic E-state index is 0.00535. The van der Waals surface area contributed by atoms with Crippen LogP contribution in [0.2, 0.25) is 0 Å². The summed E-state index contributed by atoms with van der Waals surface area (Å²) in [5.41, 5.74) is 1.74. The fraction of sp³-hybridized carbons (Fsp3) is 0.600. The number of H-pyrrole nitrogens is 1. The van der Waals surface area contributed by atoms with E-state index in [1.807, 2.05) is 18.2 Å². The summed E-state index contributed by atoms with van der Waals surface area (Å²) in [6.45, 7) is 4.24. The first-order valence-corrected chi connectivity index (χ1v) is 11.0. The Morgan fingerprint density at radius 1 is 1.22 bits per heavy atom. The molecule has 1 aromatic carbocycles. The van der Waals surface area contributed by atoms with Crippen molar-refractivity contribution in [3.05, 3.63) is 27.5 Å². The van der Waals surface area contributed by atoms with E-state index >= 15 is 0 Å². The van der Waals surface area contributed by atoms with Crippen molar-refractivity contribution in [2.75, 3.05) is 32.8 Å². The van der Waals surface area contributed by atoms with Crippen molar-refractivity contribution in [1.29, 1.82) is 0 Å². The molecule has 0 spiro atoms. The van der Waals surface area contributed by atoms with E-state index in [-0.39, 0.29) is 11.4 Å². The molecule has 2 N–H and O–H groups in total. The van der Waals surface area contributed by atoms with E-state index in [1.165, 1.54) is 25.7 Å². The summed E-state index contributed by atoms with van der Waals surface area (Å²) in [6.07, 6.45) is 7.40. The van der Waals surface area contributed by atoms with Gasteiger partial charge < -0.3 is 10.1 Å². The number of aromatic amines is 1. The van der Waals surface area contributed by atoms with Crippen LogP contribution in [0.15, 0.2) is 18.2 Å². The van der Waals surface area contributed by atoms with Gasteiger partial charge in [-0.05, 0) is 53.6 Å². The van der Waals surface area contributed by atoms with E-state index in [0.717, 1.165) is 53.7 Å². The Labute approximate surface area is 173 Å². The predicted octanol–water partition coefficient (Wildman–Crippen LogP) is 3.32. The number of carbonyl (C=O) groups excluding carboxylic acids is 1. The maximum absolute atomic E-state index is 12.9. The number of aromatic nitrogens is 2. The molecule has 1 aromatic heterocycles. The molecule has 1 aliphatic carbocycles. The number of hydrogen-bond donors (Lipinski definition) is 2. The second-order valence-corrected chi connectivity index (χ2v) is 8.72. The fourth-order valence-electron chi connectivity index (χ4n) is 4.50. The van der Waals surface area contributed by atoms with E-state index in [4.69, 9.17) is 4.74 Å². The third-order valence-electron chi connectivity index (χ3n) is 6.07. The third kappa shape index (κ3) is 4.14. The largest absolute Gasteiger partial charge is 0.379 e. The number of hydrogen-bond acceptors (Lipinski definition) is 4. The van der Waals surface area contributed by atoms with Crippen molar-refractivity contribution in [2.45, 2.75) is 44.1 Å². The lowest BCUT2D eigenvalue weighted by Gasteiger charge is -2.45. The highest BCUT2D eigenvalue weighted by molar-refractivity contribution is 14.1. The average Bonchev–Trinajstić information content (AvgIpc) is 2.92. The zero-order chi connectivity index (χ0) is 18.7. The number of morpholine rings is 1. The van der Waals surface area contributed by atoms with Crippen molar-refractivity contribution in [3.8, 4) is 0 Å². The number of benzene rings is 1.